The van der Waals surface area contributed by atoms with Gasteiger partial charge in [0.2, 0.25) is 0 Å². The van der Waals surface area contributed by atoms with Gasteiger partial charge in [-0.25, -0.2) is 9.18 Å². The molecule has 4 rings (SSSR count). The van der Waals surface area contributed by atoms with E-state index in [9.17, 15) is 14.3 Å². The number of ether oxygens (including phenoxy) is 1. The summed E-state index contributed by atoms with van der Waals surface area (Å²) < 4.78 is 20.6. The van der Waals surface area contributed by atoms with E-state index in [1.54, 1.807) is 6.92 Å². The van der Waals surface area contributed by atoms with Crippen molar-refractivity contribution in [2.24, 2.45) is 0 Å². The van der Waals surface area contributed by atoms with Crippen LogP contribution in [0.2, 0.25) is 0 Å². The van der Waals surface area contributed by atoms with E-state index >= 15 is 0 Å². The molecule has 1 aliphatic heterocycles. The van der Waals surface area contributed by atoms with Gasteiger partial charge >= 0.3 is 5.97 Å². The highest BCUT2D eigenvalue weighted by molar-refractivity contribution is 5.84. The summed E-state index contributed by atoms with van der Waals surface area (Å²) in [5.41, 5.74) is 7.01. The summed E-state index contributed by atoms with van der Waals surface area (Å²) in [5, 5.41) is 10.3. The van der Waals surface area contributed by atoms with Crippen LogP contribution in [0, 0.1) is 20.8 Å². The Labute approximate surface area is 215 Å². The third-order valence-electron chi connectivity index (χ3n) is 8.14. The summed E-state index contributed by atoms with van der Waals surface area (Å²) in [6, 6.07) is 8.74. The molecule has 1 heterocycles. The largest absolute Gasteiger partial charge is 0.479 e. The lowest BCUT2D eigenvalue weighted by Crippen LogP contribution is -2.44. The number of rotatable bonds is 5. The van der Waals surface area contributed by atoms with Crippen LogP contribution in [0.1, 0.15) is 92.9 Å². The van der Waals surface area contributed by atoms with E-state index in [2.05, 4.69) is 49.9 Å². The number of carbonyl (C=O) groups is 1. The molecule has 0 radical (unpaired) electrons. The molecule has 2 aromatic carbocycles. The Balaban J connectivity index is 1.83. The van der Waals surface area contributed by atoms with Crippen LogP contribution in [0.5, 0.6) is 0 Å². The molecule has 0 bridgehead atoms. The van der Waals surface area contributed by atoms with Gasteiger partial charge in [-0.3, -0.25) is 4.90 Å². The van der Waals surface area contributed by atoms with Crippen molar-refractivity contribution in [3.63, 3.8) is 0 Å². The first-order valence-electron chi connectivity index (χ1n) is 13.3. The Morgan fingerprint density at radius 2 is 1.69 bits per heavy atom. The molecular weight excluding hydrogens is 453 g/mol. The lowest BCUT2D eigenvalue weighted by molar-refractivity contribution is -0.160. The van der Waals surface area contributed by atoms with Gasteiger partial charge in [-0.05, 0) is 114 Å². The van der Waals surface area contributed by atoms with Crippen LogP contribution in [-0.2, 0) is 22.5 Å². The predicted octanol–water partition coefficient (Wildman–Crippen LogP) is 7.25. The molecule has 0 amide bonds. The quantitative estimate of drug-likeness (QED) is 0.475. The minimum absolute atomic E-state index is 0.403. The Bertz CT molecular complexity index is 1120. The number of alkyl halides is 1. The van der Waals surface area contributed by atoms with Gasteiger partial charge in [0.1, 0.15) is 5.67 Å². The van der Waals surface area contributed by atoms with Crippen molar-refractivity contribution in [2.45, 2.75) is 111 Å². The highest BCUT2D eigenvalue weighted by Gasteiger charge is 2.37. The molecule has 196 valence electrons. The standard InChI is InChI=1S/C31H42FNO3/c1-19-8-10-22(11-9-19)26-21(3)25-18-33(23-12-15-31(7,32)16-13-23)17-14-24(25)20(2)27(26)28(29(34)35)36-30(4,5)6/h8-11,23,28H,12-18H2,1-7H3,(H,34,35)/t23?,28-,31?/m0/s1. The van der Waals surface area contributed by atoms with Crippen LogP contribution in [0.15, 0.2) is 24.3 Å². The number of aryl methyl sites for hydroxylation is 1. The Kier molecular flexibility index (Phi) is 7.38. The van der Waals surface area contributed by atoms with Crippen LogP contribution >= 0.6 is 0 Å². The SMILES string of the molecule is Cc1ccc(-c2c(C)c3c(c(C)c2[C@H](OC(C)(C)C)C(=O)O)CCN(C2CCC(C)(F)CC2)C3)cc1. The number of carboxylic acid groups (broad SMARTS) is 1. The summed E-state index contributed by atoms with van der Waals surface area (Å²) in [4.78, 5) is 15.1. The van der Waals surface area contributed by atoms with E-state index in [1.807, 2.05) is 20.8 Å². The molecule has 0 unspecified atom stereocenters. The summed E-state index contributed by atoms with van der Waals surface area (Å²) in [6.45, 7) is 15.4. The molecule has 1 saturated carbocycles. The second-order valence-corrected chi connectivity index (χ2v) is 12.2. The molecule has 1 aliphatic carbocycles. The first-order valence-corrected chi connectivity index (χ1v) is 13.3. The van der Waals surface area contributed by atoms with E-state index in [1.165, 1.54) is 11.1 Å². The molecule has 1 N–H and O–H groups in total. The van der Waals surface area contributed by atoms with Crippen molar-refractivity contribution >= 4 is 5.97 Å². The van der Waals surface area contributed by atoms with Crippen LogP contribution in [0.3, 0.4) is 0 Å². The number of hydrogen-bond donors (Lipinski definition) is 1. The molecule has 2 aliphatic rings. The minimum atomic E-state index is -1.05. The Hall–Kier alpha value is -2.24. The summed E-state index contributed by atoms with van der Waals surface area (Å²) in [6.07, 6.45) is 2.85. The normalized spacial score (nSPS) is 23.8. The number of fused-ring (bicyclic) bond motifs is 1. The van der Waals surface area contributed by atoms with Gasteiger partial charge in [0.25, 0.3) is 0 Å². The second kappa shape index (κ2) is 9.90. The van der Waals surface area contributed by atoms with E-state index in [4.69, 9.17) is 4.74 Å². The molecule has 1 fully saturated rings. The number of aliphatic carboxylic acids is 1. The van der Waals surface area contributed by atoms with Gasteiger partial charge in [0.05, 0.1) is 5.60 Å². The third kappa shape index (κ3) is 5.52. The average Bonchev–Trinajstić information content (AvgIpc) is 2.79. The zero-order valence-electron chi connectivity index (χ0n) is 23.0. The summed E-state index contributed by atoms with van der Waals surface area (Å²) in [5.74, 6) is -0.963. The first kappa shape index (κ1) is 26.8. The van der Waals surface area contributed by atoms with Crippen molar-refractivity contribution in [1.29, 1.82) is 0 Å². The summed E-state index contributed by atoms with van der Waals surface area (Å²) >= 11 is 0. The van der Waals surface area contributed by atoms with Gasteiger partial charge in [-0.2, -0.15) is 0 Å². The zero-order valence-corrected chi connectivity index (χ0v) is 23.0. The van der Waals surface area contributed by atoms with Gasteiger partial charge < -0.3 is 9.84 Å². The molecular formula is C31H42FNO3. The van der Waals surface area contributed by atoms with Crippen LogP contribution in [-0.4, -0.2) is 39.8 Å². The molecule has 5 heteroatoms. The monoisotopic (exact) mass is 495 g/mol. The maximum Gasteiger partial charge on any atom is 0.337 e. The number of hydrogen-bond acceptors (Lipinski definition) is 3. The lowest BCUT2D eigenvalue weighted by atomic mass is 9.79. The van der Waals surface area contributed by atoms with E-state index < -0.39 is 23.3 Å². The van der Waals surface area contributed by atoms with Crippen molar-refractivity contribution < 1.29 is 19.0 Å². The number of halogens is 1. The van der Waals surface area contributed by atoms with Gasteiger partial charge in [-0.1, -0.05) is 29.8 Å². The molecule has 36 heavy (non-hydrogen) atoms. The van der Waals surface area contributed by atoms with Crippen LogP contribution in [0.25, 0.3) is 11.1 Å². The van der Waals surface area contributed by atoms with E-state index in [0.717, 1.165) is 65.7 Å². The second-order valence-electron chi connectivity index (χ2n) is 12.2. The fourth-order valence-corrected chi connectivity index (χ4v) is 6.13. The number of nitrogens with zero attached hydrogens (tertiary/aromatic N) is 1. The van der Waals surface area contributed by atoms with Gasteiger partial charge in [0.15, 0.2) is 6.10 Å². The first-order chi connectivity index (χ1) is 16.8. The average molecular weight is 496 g/mol. The van der Waals surface area contributed by atoms with Crippen LogP contribution < -0.4 is 0 Å². The van der Waals surface area contributed by atoms with Gasteiger partial charge in [-0.15, -0.1) is 0 Å². The maximum atomic E-state index is 14.5. The number of benzene rings is 2. The van der Waals surface area contributed by atoms with Crippen molar-refractivity contribution in [3.8, 4) is 11.1 Å². The minimum Gasteiger partial charge on any atom is -0.479 e. The number of carboxylic acids is 1. The third-order valence-corrected chi connectivity index (χ3v) is 8.14. The van der Waals surface area contributed by atoms with Crippen molar-refractivity contribution in [2.75, 3.05) is 6.54 Å². The predicted molar refractivity (Wildman–Crippen MR) is 143 cm³/mol. The Morgan fingerprint density at radius 3 is 2.25 bits per heavy atom. The zero-order chi connectivity index (χ0) is 26.4. The van der Waals surface area contributed by atoms with Crippen molar-refractivity contribution in [1.82, 2.24) is 4.90 Å². The highest BCUT2D eigenvalue weighted by Crippen LogP contribution is 2.44. The fraction of sp³-hybridized carbons (Fsp3) is 0.581. The van der Waals surface area contributed by atoms with E-state index in [0.29, 0.717) is 18.9 Å². The highest BCUT2D eigenvalue weighted by atomic mass is 19.1. The molecule has 0 aromatic heterocycles. The van der Waals surface area contributed by atoms with E-state index in [-0.39, 0.29) is 0 Å². The topological polar surface area (TPSA) is 49.8 Å². The summed E-state index contributed by atoms with van der Waals surface area (Å²) in [7, 11) is 0. The fourth-order valence-electron chi connectivity index (χ4n) is 6.13. The molecule has 0 saturated heterocycles. The lowest BCUT2D eigenvalue weighted by Gasteiger charge is -2.42. The van der Waals surface area contributed by atoms with Crippen molar-refractivity contribution in [3.05, 3.63) is 57.6 Å². The smallest absolute Gasteiger partial charge is 0.337 e. The molecule has 1 atom stereocenters. The van der Waals surface area contributed by atoms with Gasteiger partial charge in [0, 0.05) is 24.7 Å². The molecule has 2 aromatic rings. The maximum absolute atomic E-state index is 14.5. The molecule has 4 nitrogen and oxygen atoms in total. The Morgan fingerprint density at radius 1 is 1.08 bits per heavy atom. The van der Waals surface area contributed by atoms with Crippen LogP contribution in [0.4, 0.5) is 4.39 Å². The molecule has 0 spiro atoms.